The lowest BCUT2D eigenvalue weighted by atomic mass is 10.2. The Hall–Kier alpha value is -1.34. The van der Waals surface area contributed by atoms with Crippen molar-refractivity contribution in [2.45, 2.75) is 17.5 Å². The van der Waals surface area contributed by atoms with Crippen LogP contribution in [0.1, 0.15) is 10.4 Å². The highest BCUT2D eigenvalue weighted by molar-refractivity contribution is 9.10. The molecule has 13 heteroatoms. The Kier molecular flexibility index (Phi) is 5.38. The maximum Gasteiger partial charge on any atom is 0.432 e. The van der Waals surface area contributed by atoms with Crippen molar-refractivity contribution in [3.63, 3.8) is 0 Å². The molecule has 0 aliphatic rings. The van der Waals surface area contributed by atoms with Gasteiger partial charge < -0.3 is 4.74 Å². The zero-order valence-electron chi connectivity index (χ0n) is 10.4. The summed E-state index contributed by atoms with van der Waals surface area (Å²) in [5.74, 6) is -3.61. The summed E-state index contributed by atoms with van der Waals surface area (Å²) in [4.78, 5) is 11.5. The van der Waals surface area contributed by atoms with Gasteiger partial charge >= 0.3 is 27.5 Å². The highest BCUT2D eigenvalue weighted by Gasteiger charge is 2.66. The fourth-order valence-electron chi connectivity index (χ4n) is 1.29. The lowest BCUT2D eigenvalue weighted by Crippen LogP contribution is -2.52. The normalized spacial score (nSPS) is 14.4. The lowest BCUT2D eigenvalue weighted by molar-refractivity contribution is -0.248. The molecule has 1 unspecified atom stereocenters. The van der Waals surface area contributed by atoms with Crippen LogP contribution in [0.3, 0.4) is 0 Å². The monoisotopic (exact) mass is 430 g/mol. The molecule has 1 atom stereocenters. The van der Waals surface area contributed by atoms with Crippen molar-refractivity contribution in [2.24, 2.45) is 0 Å². The largest absolute Gasteiger partial charge is 0.441 e. The molecule has 0 saturated heterocycles. The van der Waals surface area contributed by atoms with Crippen LogP contribution >= 0.6 is 15.9 Å². The lowest BCUT2D eigenvalue weighted by Gasteiger charge is -2.26. The van der Waals surface area contributed by atoms with Gasteiger partial charge in [-0.1, -0.05) is 6.07 Å². The van der Waals surface area contributed by atoms with Crippen LogP contribution in [0.2, 0.25) is 0 Å². The fraction of sp³-hybridized carbons (Fsp3) is 0.300. The van der Waals surface area contributed by atoms with Crippen molar-refractivity contribution < 1.29 is 48.8 Å². The van der Waals surface area contributed by atoms with Crippen molar-refractivity contribution in [1.29, 1.82) is 0 Å². The van der Waals surface area contributed by atoms with E-state index in [1.807, 2.05) is 0 Å². The van der Waals surface area contributed by atoms with Crippen LogP contribution in [0.4, 0.5) is 26.3 Å². The van der Waals surface area contributed by atoms with Crippen molar-refractivity contribution in [2.75, 3.05) is 0 Å². The third-order valence-corrected chi connectivity index (χ3v) is 3.86. The van der Waals surface area contributed by atoms with Crippen LogP contribution in [0.25, 0.3) is 0 Å². The molecule has 0 heterocycles. The summed E-state index contributed by atoms with van der Waals surface area (Å²) in [6.45, 7) is 0. The van der Waals surface area contributed by atoms with Crippen LogP contribution in [-0.2, 0) is 14.9 Å². The Balaban J connectivity index is 3.28. The van der Waals surface area contributed by atoms with E-state index < -0.39 is 45.0 Å². The standard InChI is InChI=1S/C10H5BrF6O5S/c11-5-3-1-2-4(6(5)12)7(18)22-8(9(13,14)15)10(16,17)23(19,20)21/h1-3,8H,(H,19,20,21). The van der Waals surface area contributed by atoms with Crippen molar-refractivity contribution in [3.05, 3.63) is 34.1 Å². The van der Waals surface area contributed by atoms with E-state index in [1.54, 1.807) is 0 Å². The average molecular weight is 431 g/mol. The van der Waals surface area contributed by atoms with Crippen LogP contribution in [0, 0.1) is 5.82 Å². The van der Waals surface area contributed by atoms with Gasteiger partial charge in [0.2, 0.25) is 0 Å². The Morgan fingerprint density at radius 3 is 2.17 bits per heavy atom. The van der Waals surface area contributed by atoms with Crippen LogP contribution < -0.4 is 0 Å². The molecule has 130 valence electrons. The third-order valence-electron chi connectivity index (χ3n) is 2.34. The second-order valence-corrected chi connectivity index (χ2v) is 6.31. The summed E-state index contributed by atoms with van der Waals surface area (Å²) < 4.78 is 110. The Morgan fingerprint density at radius 1 is 1.22 bits per heavy atom. The zero-order chi connectivity index (χ0) is 18.2. The SMILES string of the molecule is O=C(OC(C(F)(F)F)C(F)(F)S(=O)(=O)O)c1cccc(Br)c1F. The molecule has 0 amide bonds. The number of benzene rings is 1. The number of hydrogen-bond donors (Lipinski definition) is 1. The number of halogens is 7. The summed E-state index contributed by atoms with van der Waals surface area (Å²) in [5.41, 5.74) is -1.15. The molecule has 0 aliphatic carbocycles. The second-order valence-electron chi connectivity index (χ2n) is 3.97. The number of alkyl halides is 5. The molecule has 1 N–H and O–H groups in total. The van der Waals surface area contributed by atoms with Crippen LogP contribution in [0.5, 0.6) is 0 Å². The first-order valence-corrected chi connectivity index (χ1v) is 7.49. The Labute approximate surface area is 133 Å². The Morgan fingerprint density at radius 2 is 1.74 bits per heavy atom. The first-order valence-electron chi connectivity index (χ1n) is 5.26. The minimum absolute atomic E-state index is 0.378. The maximum atomic E-state index is 13.5. The van der Waals surface area contributed by atoms with Crippen molar-refractivity contribution >= 4 is 32.0 Å². The molecule has 23 heavy (non-hydrogen) atoms. The zero-order valence-corrected chi connectivity index (χ0v) is 12.8. The highest BCUT2D eigenvalue weighted by atomic mass is 79.9. The number of carbonyl (C=O) groups is 1. The van der Waals surface area contributed by atoms with Gasteiger partial charge in [-0.05, 0) is 28.1 Å². The van der Waals surface area contributed by atoms with E-state index in [0.29, 0.717) is 6.07 Å². The van der Waals surface area contributed by atoms with Gasteiger partial charge in [0.05, 0.1) is 10.0 Å². The van der Waals surface area contributed by atoms with E-state index in [4.69, 9.17) is 4.55 Å². The van der Waals surface area contributed by atoms with Gasteiger partial charge in [0.1, 0.15) is 0 Å². The smallest absolute Gasteiger partial charge is 0.432 e. The number of ether oxygens (including phenoxy) is 1. The third kappa shape index (κ3) is 4.14. The van der Waals surface area contributed by atoms with Crippen LogP contribution in [-0.4, -0.2) is 36.5 Å². The quantitative estimate of drug-likeness (QED) is 0.450. The number of hydrogen-bond acceptors (Lipinski definition) is 4. The van der Waals surface area contributed by atoms with Gasteiger partial charge in [-0.25, -0.2) is 9.18 Å². The van der Waals surface area contributed by atoms with Crippen LogP contribution in [0.15, 0.2) is 22.7 Å². The first-order chi connectivity index (χ1) is 10.2. The van der Waals surface area contributed by atoms with Gasteiger partial charge in [-0.3, -0.25) is 4.55 Å². The molecular formula is C10H5BrF6O5S. The number of carbonyl (C=O) groups excluding carboxylic acids is 1. The number of esters is 1. The minimum atomic E-state index is -6.56. The summed E-state index contributed by atoms with van der Waals surface area (Å²) in [7, 11) is -6.56. The molecule has 0 bridgehead atoms. The number of rotatable bonds is 4. The molecule has 5 nitrogen and oxygen atoms in total. The summed E-state index contributed by atoms with van der Waals surface area (Å²) in [6.07, 6.45) is -10.6. The van der Waals surface area contributed by atoms with Crippen molar-refractivity contribution in [3.8, 4) is 0 Å². The first kappa shape index (κ1) is 19.7. The molecule has 1 aromatic carbocycles. The predicted molar refractivity (Wildman–Crippen MR) is 65.9 cm³/mol. The van der Waals surface area contributed by atoms with E-state index in [1.165, 1.54) is 0 Å². The molecule has 0 radical (unpaired) electrons. The van der Waals surface area contributed by atoms with Gasteiger partial charge in [0.15, 0.2) is 5.82 Å². The molecule has 1 aromatic rings. The van der Waals surface area contributed by atoms with Gasteiger partial charge in [-0.2, -0.15) is 30.4 Å². The van der Waals surface area contributed by atoms with E-state index in [2.05, 4.69) is 20.7 Å². The minimum Gasteiger partial charge on any atom is -0.441 e. The molecule has 0 saturated carbocycles. The summed E-state index contributed by atoms with van der Waals surface area (Å²) in [6, 6.07) is 2.68. The topological polar surface area (TPSA) is 80.7 Å². The van der Waals surface area contributed by atoms with E-state index >= 15 is 0 Å². The fourth-order valence-corrected chi connectivity index (χ4v) is 2.11. The molecule has 0 aliphatic heterocycles. The molecule has 0 fully saturated rings. The molecular weight excluding hydrogens is 426 g/mol. The highest BCUT2D eigenvalue weighted by Crippen LogP contribution is 2.38. The summed E-state index contributed by atoms with van der Waals surface area (Å²) in [5, 5.41) is -5.89. The summed E-state index contributed by atoms with van der Waals surface area (Å²) >= 11 is 2.60. The Bertz CT molecular complexity index is 717. The molecule has 0 spiro atoms. The maximum absolute atomic E-state index is 13.5. The van der Waals surface area contributed by atoms with E-state index in [9.17, 15) is 39.6 Å². The average Bonchev–Trinajstić information content (AvgIpc) is 2.36. The van der Waals surface area contributed by atoms with Gasteiger partial charge in [-0.15, -0.1) is 0 Å². The van der Waals surface area contributed by atoms with E-state index in [-0.39, 0.29) is 4.47 Å². The van der Waals surface area contributed by atoms with Crippen molar-refractivity contribution in [1.82, 2.24) is 0 Å². The predicted octanol–water partition coefficient (Wildman–Crippen LogP) is 3.16. The molecule has 1 rings (SSSR count). The van der Waals surface area contributed by atoms with Gasteiger partial charge in [0, 0.05) is 0 Å². The molecule has 0 aromatic heterocycles. The second kappa shape index (κ2) is 6.28. The van der Waals surface area contributed by atoms with E-state index in [0.717, 1.165) is 12.1 Å². The van der Waals surface area contributed by atoms with Gasteiger partial charge in [0.25, 0.3) is 6.10 Å².